The summed E-state index contributed by atoms with van der Waals surface area (Å²) in [6.45, 7) is 0. The quantitative estimate of drug-likeness (QED) is 0.638. The second kappa shape index (κ2) is 1.87. The van der Waals surface area contributed by atoms with E-state index >= 15 is 0 Å². The molecule has 0 saturated heterocycles. The lowest BCUT2D eigenvalue weighted by atomic mass is 9.33. The zero-order valence-electron chi connectivity index (χ0n) is 13.7. The Kier molecular flexibility index (Phi) is 0.784. The van der Waals surface area contributed by atoms with Gasteiger partial charge in [0.2, 0.25) is 0 Å². The van der Waals surface area contributed by atoms with Crippen LogP contribution in [0.5, 0.6) is 0 Å². The third-order valence-corrected chi connectivity index (χ3v) is 15.7. The van der Waals surface area contributed by atoms with Gasteiger partial charge in [0.05, 0.1) is 0 Å². The molecule has 8 atom stereocenters. The van der Waals surface area contributed by atoms with Crippen molar-refractivity contribution < 1.29 is 0 Å². The average molecular weight is 300 g/mol. The van der Waals surface area contributed by atoms with E-state index in [1.807, 2.05) is 0 Å². The fraction of sp³-hybridized carbons (Fsp3) is 1.00. The minimum atomic E-state index is 1.04. The molecule has 5 spiro atoms. The van der Waals surface area contributed by atoms with Crippen molar-refractivity contribution in [1.82, 2.24) is 0 Å². The van der Waals surface area contributed by atoms with Crippen LogP contribution < -0.4 is 0 Å². The first kappa shape index (κ1) is 9.63. The van der Waals surface area contributed by atoms with Crippen LogP contribution in [0.2, 0.25) is 0 Å². The van der Waals surface area contributed by atoms with Gasteiger partial charge in [-0.25, -0.2) is 0 Å². The molecule has 0 aliphatic heterocycles. The molecule has 8 bridgehead atoms. The van der Waals surface area contributed by atoms with Crippen molar-refractivity contribution in [3.63, 3.8) is 0 Å². The zero-order chi connectivity index (χ0) is 13.7. The third kappa shape index (κ3) is 0.371. The Bertz CT molecular complexity index is 695. The lowest BCUT2D eigenvalue weighted by Crippen LogP contribution is -2.66. The van der Waals surface area contributed by atoms with E-state index in [-0.39, 0.29) is 0 Å². The molecule has 0 radical (unpaired) electrons. The van der Waals surface area contributed by atoms with Crippen molar-refractivity contribution in [2.45, 2.75) is 38.5 Å². The third-order valence-electron chi connectivity index (χ3n) is 15.7. The monoisotopic (exact) mass is 300 g/mol. The molecule has 0 aromatic rings. The summed E-state index contributed by atoms with van der Waals surface area (Å²) in [6, 6.07) is 0. The summed E-state index contributed by atoms with van der Waals surface area (Å²) in [5, 5.41) is 0. The smallest absolute Gasteiger partial charge is 0.00267 e. The van der Waals surface area contributed by atoms with Crippen LogP contribution in [-0.4, -0.2) is 0 Å². The van der Waals surface area contributed by atoms with E-state index in [9.17, 15) is 0 Å². The van der Waals surface area contributed by atoms with Gasteiger partial charge in [-0.2, -0.15) is 0 Å². The molecular formula is C23H24. The van der Waals surface area contributed by atoms with Gasteiger partial charge in [0.15, 0.2) is 0 Å². The van der Waals surface area contributed by atoms with Crippen LogP contribution in [-0.2, 0) is 0 Å². The van der Waals surface area contributed by atoms with Gasteiger partial charge in [-0.05, 0) is 137 Å². The van der Waals surface area contributed by atoms with Crippen molar-refractivity contribution in [3.8, 4) is 0 Å². The summed E-state index contributed by atoms with van der Waals surface area (Å²) in [5.74, 6) is 15.4. The SMILES string of the molecule is C1C2C3CC4C5CC6C7CC8C1C1CC6C69C5CC2C16C91C38C471. The minimum Gasteiger partial charge on any atom is -0.0464 e. The minimum absolute atomic E-state index is 1.04. The maximum atomic E-state index is 1.78. The zero-order valence-corrected chi connectivity index (χ0v) is 13.7. The van der Waals surface area contributed by atoms with Gasteiger partial charge in [0, 0.05) is 0 Å². The molecule has 0 nitrogen and oxygen atoms in total. The van der Waals surface area contributed by atoms with Gasteiger partial charge in [-0.15, -0.1) is 0 Å². The van der Waals surface area contributed by atoms with Crippen molar-refractivity contribution in [2.24, 2.45) is 98.1 Å². The Labute approximate surface area is 137 Å². The van der Waals surface area contributed by atoms with Crippen molar-refractivity contribution in [3.05, 3.63) is 0 Å². The van der Waals surface area contributed by atoms with Gasteiger partial charge in [-0.1, -0.05) is 0 Å². The van der Waals surface area contributed by atoms with Crippen molar-refractivity contribution in [1.29, 1.82) is 0 Å². The van der Waals surface area contributed by atoms with Gasteiger partial charge in [-0.3, -0.25) is 0 Å². The second-order valence-corrected chi connectivity index (χ2v) is 13.1. The van der Waals surface area contributed by atoms with Gasteiger partial charge in [0.25, 0.3) is 0 Å². The summed E-state index contributed by atoms with van der Waals surface area (Å²) >= 11 is 0. The molecule has 0 amide bonds. The Morgan fingerprint density at radius 3 is 0.870 bits per heavy atom. The van der Waals surface area contributed by atoms with E-state index in [2.05, 4.69) is 0 Å². The highest BCUT2D eigenvalue weighted by Gasteiger charge is 3.27. The van der Waals surface area contributed by atoms with Crippen LogP contribution >= 0.6 is 0 Å². The largest absolute Gasteiger partial charge is 0.0464 e. The summed E-state index contributed by atoms with van der Waals surface area (Å²) in [7, 11) is 0. The predicted molar refractivity (Wildman–Crippen MR) is 81.7 cm³/mol. The average Bonchev–Trinajstić information content (AvgIpc) is 2.99. The summed E-state index contributed by atoms with van der Waals surface area (Å²) in [5.41, 5.74) is 5.23. The second-order valence-electron chi connectivity index (χ2n) is 13.1. The van der Waals surface area contributed by atoms with Gasteiger partial charge >= 0.3 is 0 Å². The predicted octanol–water partition coefficient (Wildman–Crippen LogP) is 3.82. The maximum Gasteiger partial charge on any atom is -0.00267 e. The molecule has 0 heterocycles. The number of hydrogen-bond donors (Lipinski definition) is 0. The summed E-state index contributed by atoms with van der Waals surface area (Å²) in [4.78, 5) is 0. The van der Waals surface area contributed by atoms with Crippen LogP contribution in [0.3, 0.4) is 0 Å². The Morgan fingerprint density at radius 1 is 0.348 bits per heavy atom. The van der Waals surface area contributed by atoms with Crippen LogP contribution in [0.4, 0.5) is 0 Å². The van der Waals surface area contributed by atoms with Crippen molar-refractivity contribution in [2.75, 3.05) is 0 Å². The maximum absolute atomic E-state index is 1.78. The number of rotatable bonds is 0. The van der Waals surface area contributed by atoms with Crippen molar-refractivity contribution >= 4 is 0 Å². The highest BCUT2D eigenvalue weighted by molar-refractivity contribution is 5.72. The lowest BCUT2D eigenvalue weighted by Gasteiger charge is -2.71. The molecule has 14 aliphatic carbocycles. The van der Waals surface area contributed by atoms with E-state index in [0.717, 1.165) is 27.1 Å². The van der Waals surface area contributed by atoms with E-state index in [1.165, 1.54) is 71.0 Å². The fourth-order valence-corrected chi connectivity index (χ4v) is 18.2. The summed E-state index contributed by atoms with van der Waals surface area (Å²) in [6.07, 6.45) is 10.6. The first-order valence-electron chi connectivity index (χ1n) is 11.4. The molecule has 8 unspecified atom stereocenters. The molecule has 14 aliphatic rings. The standard InChI is InChI=1S/C23H24/c1-7-11-3-15-9-2-10-17-5-13-8(1)14-6-18(10)22-16(9)4-12(7)20(14,22)23(22)19(11,13)21(15,17)23/h7-18H,1-6H2. The fourth-order valence-electron chi connectivity index (χ4n) is 18.2. The molecular weight excluding hydrogens is 276 g/mol. The normalized spacial score (nSPS) is 104. The summed E-state index contributed by atoms with van der Waals surface area (Å²) < 4.78 is 0. The molecule has 23 heavy (non-hydrogen) atoms. The van der Waals surface area contributed by atoms with Crippen LogP contribution in [0.1, 0.15) is 38.5 Å². The van der Waals surface area contributed by atoms with E-state index in [1.54, 1.807) is 38.5 Å². The molecule has 14 fully saturated rings. The van der Waals surface area contributed by atoms with E-state index < -0.39 is 0 Å². The molecule has 0 aromatic carbocycles. The highest BCUT2D eigenvalue weighted by atomic mass is 15.3. The highest BCUT2D eigenvalue weighted by Crippen LogP contribution is 3.29. The molecule has 14 rings (SSSR count). The van der Waals surface area contributed by atoms with Crippen LogP contribution in [0, 0.1) is 98.1 Å². The van der Waals surface area contributed by atoms with Crippen LogP contribution in [0.15, 0.2) is 0 Å². The molecule has 116 valence electrons. The molecule has 0 N–H and O–H groups in total. The topological polar surface area (TPSA) is 0 Å². The Balaban J connectivity index is 1.47. The van der Waals surface area contributed by atoms with Gasteiger partial charge in [0.1, 0.15) is 0 Å². The van der Waals surface area contributed by atoms with E-state index in [4.69, 9.17) is 0 Å². The first-order chi connectivity index (χ1) is 11.4. The first-order valence-corrected chi connectivity index (χ1v) is 11.4. The molecule has 14 saturated carbocycles. The van der Waals surface area contributed by atoms with Crippen LogP contribution in [0.25, 0.3) is 0 Å². The number of hydrogen-bond acceptors (Lipinski definition) is 0. The Morgan fingerprint density at radius 2 is 0.609 bits per heavy atom. The Hall–Kier alpha value is 0. The van der Waals surface area contributed by atoms with E-state index in [0.29, 0.717) is 0 Å². The molecule has 0 aromatic heterocycles. The lowest BCUT2D eigenvalue weighted by molar-refractivity contribution is -0.240. The van der Waals surface area contributed by atoms with Gasteiger partial charge < -0.3 is 0 Å². The molecule has 0 heteroatoms.